The third kappa shape index (κ3) is 2.23. The van der Waals surface area contributed by atoms with Gasteiger partial charge in [0.1, 0.15) is 6.04 Å². The summed E-state index contributed by atoms with van der Waals surface area (Å²) in [4.78, 5) is 18.9. The largest absolute Gasteiger partial charge is 0.368 e. The van der Waals surface area contributed by atoms with Crippen molar-refractivity contribution < 1.29 is 4.79 Å². The average molecular weight is 240 g/mol. The van der Waals surface area contributed by atoms with Crippen molar-refractivity contribution in [1.82, 2.24) is 15.2 Å². The van der Waals surface area contributed by atoms with Crippen LogP contribution in [0.5, 0.6) is 0 Å². The van der Waals surface area contributed by atoms with E-state index in [1.165, 1.54) is 11.3 Å². The predicted octanol–water partition coefficient (Wildman–Crippen LogP) is -0.117. The Hall–Kier alpha value is -0.980. The van der Waals surface area contributed by atoms with Gasteiger partial charge in [-0.1, -0.05) is 0 Å². The van der Waals surface area contributed by atoms with Crippen LogP contribution in [0.2, 0.25) is 0 Å². The number of piperazine rings is 1. The van der Waals surface area contributed by atoms with Crippen LogP contribution in [0, 0.1) is 6.92 Å². The molecule has 16 heavy (non-hydrogen) atoms. The Kier molecular flexibility index (Phi) is 3.52. The zero-order valence-corrected chi connectivity index (χ0v) is 10.1. The van der Waals surface area contributed by atoms with E-state index in [9.17, 15) is 4.79 Å². The van der Waals surface area contributed by atoms with E-state index in [4.69, 9.17) is 5.73 Å². The van der Waals surface area contributed by atoms with Gasteiger partial charge in [0, 0.05) is 26.2 Å². The number of nitrogens with one attached hydrogen (secondary N) is 1. The molecule has 1 atom stereocenters. The van der Waals surface area contributed by atoms with Crippen LogP contribution in [0.4, 0.5) is 0 Å². The third-order valence-corrected chi connectivity index (χ3v) is 3.80. The normalized spacial score (nSPS) is 19.6. The first kappa shape index (κ1) is 11.5. The van der Waals surface area contributed by atoms with Gasteiger partial charge < -0.3 is 11.1 Å². The summed E-state index contributed by atoms with van der Waals surface area (Å²) in [5, 5.41) is 3.26. The maximum Gasteiger partial charge on any atom is 0.240 e. The van der Waals surface area contributed by atoms with Crippen molar-refractivity contribution in [2.75, 3.05) is 26.2 Å². The maximum atomic E-state index is 11.6. The van der Waals surface area contributed by atoms with E-state index in [1.807, 2.05) is 6.92 Å². The quantitative estimate of drug-likeness (QED) is 0.773. The number of carbonyl (C=O) groups excluding carboxylic acids is 1. The minimum atomic E-state index is -0.311. The molecule has 1 unspecified atom stereocenters. The van der Waals surface area contributed by atoms with Crippen LogP contribution in [0.25, 0.3) is 0 Å². The highest BCUT2D eigenvalue weighted by atomic mass is 32.1. The molecule has 0 aliphatic carbocycles. The number of nitrogens with two attached hydrogens (primary N) is 1. The number of thiazole rings is 1. The van der Waals surface area contributed by atoms with E-state index in [1.54, 1.807) is 5.51 Å². The van der Waals surface area contributed by atoms with Gasteiger partial charge in [0.2, 0.25) is 5.91 Å². The lowest BCUT2D eigenvalue weighted by Crippen LogP contribution is -2.48. The first-order valence-electron chi connectivity index (χ1n) is 5.34. The molecule has 0 spiro atoms. The number of carbonyl (C=O) groups is 1. The summed E-state index contributed by atoms with van der Waals surface area (Å²) in [5.41, 5.74) is 8.18. The van der Waals surface area contributed by atoms with Gasteiger partial charge in [-0.25, -0.2) is 4.98 Å². The lowest BCUT2D eigenvalue weighted by molar-refractivity contribution is -0.123. The molecule has 1 aromatic rings. The molecule has 2 heterocycles. The molecule has 1 aliphatic heterocycles. The van der Waals surface area contributed by atoms with Gasteiger partial charge in [-0.2, -0.15) is 0 Å². The highest BCUT2D eigenvalue weighted by Crippen LogP contribution is 2.27. The number of nitrogens with zero attached hydrogens (tertiary/aromatic N) is 2. The van der Waals surface area contributed by atoms with Gasteiger partial charge in [0.25, 0.3) is 0 Å². The number of aromatic nitrogens is 1. The van der Waals surface area contributed by atoms with Gasteiger partial charge >= 0.3 is 0 Å². The van der Waals surface area contributed by atoms with Gasteiger partial charge in [0.05, 0.1) is 16.1 Å². The van der Waals surface area contributed by atoms with Gasteiger partial charge in [-0.3, -0.25) is 9.69 Å². The Morgan fingerprint density at radius 1 is 1.62 bits per heavy atom. The molecule has 3 N–H and O–H groups in total. The first-order valence-corrected chi connectivity index (χ1v) is 6.22. The van der Waals surface area contributed by atoms with Crippen molar-refractivity contribution in [1.29, 1.82) is 0 Å². The number of hydrogen-bond acceptors (Lipinski definition) is 5. The molecule has 1 fully saturated rings. The minimum Gasteiger partial charge on any atom is -0.368 e. The van der Waals surface area contributed by atoms with Crippen molar-refractivity contribution in [2.24, 2.45) is 5.73 Å². The molecule has 0 radical (unpaired) electrons. The SMILES string of the molecule is Cc1ncsc1C(C(N)=O)N1CCNCC1. The standard InChI is InChI=1S/C10H16N4OS/c1-7-9(16-6-13-7)8(10(11)15)14-4-2-12-3-5-14/h6,8,12H,2-5H2,1H3,(H2,11,15). The number of rotatable bonds is 3. The summed E-state index contributed by atoms with van der Waals surface area (Å²) < 4.78 is 0. The average Bonchev–Trinajstić information content (AvgIpc) is 2.66. The summed E-state index contributed by atoms with van der Waals surface area (Å²) in [7, 11) is 0. The third-order valence-electron chi connectivity index (χ3n) is 2.82. The molecule has 5 nitrogen and oxygen atoms in total. The number of primary amides is 1. The van der Waals surface area contributed by atoms with Crippen molar-refractivity contribution in [3.8, 4) is 0 Å². The Bertz CT molecular complexity index is 373. The van der Waals surface area contributed by atoms with E-state index in [0.29, 0.717) is 0 Å². The molecule has 1 amide bonds. The van der Waals surface area contributed by atoms with Crippen LogP contribution in [-0.2, 0) is 4.79 Å². The van der Waals surface area contributed by atoms with Crippen LogP contribution < -0.4 is 11.1 Å². The highest BCUT2D eigenvalue weighted by Gasteiger charge is 2.29. The fraction of sp³-hybridized carbons (Fsp3) is 0.600. The lowest BCUT2D eigenvalue weighted by atomic mass is 10.1. The van der Waals surface area contributed by atoms with Crippen molar-refractivity contribution in [3.63, 3.8) is 0 Å². The van der Waals surface area contributed by atoms with Crippen molar-refractivity contribution >= 4 is 17.2 Å². The van der Waals surface area contributed by atoms with Crippen LogP contribution in [-0.4, -0.2) is 42.0 Å². The summed E-state index contributed by atoms with van der Waals surface area (Å²) in [5.74, 6) is -0.283. The second kappa shape index (κ2) is 4.90. The topological polar surface area (TPSA) is 71.2 Å². The van der Waals surface area contributed by atoms with E-state index >= 15 is 0 Å². The smallest absolute Gasteiger partial charge is 0.240 e. The number of hydrogen-bond donors (Lipinski definition) is 2. The molecule has 88 valence electrons. The summed E-state index contributed by atoms with van der Waals surface area (Å²) in [6, 6.07) is -0.311. The highest BCUT2D eigenvalue weighted by molar-refractivity contribution is 7.10. The molecule has 1 aromatic heterocycles. The molecule has 6 heteroatoms. The molecular weight excluding hydrogens is 224 g/mol. The molecule has 0 bridgehead atoms. The van der Waals surface area contributed by atoms with E-state index < -0.39 is 0 Å². The van der Waals surface area contributed by atoms with Gasteiger partial charge in [0.15, 0.2) is 0 Å². The zero-order valence-electron chi connectivity index (χ0n) is 9.27. The Balaban J connectivity index is 2.23. The van der Waals surface area contributed by atoms with E-state index in [-0.39, 0.29) is 11.9 Å². The van der Waals surface area contributed by atoms with Crippen LogP contribution in [0.3, 0.4) is 0 Å². The lowest BCUT2D eigenvalue weighted by Gasteiger charge is -2.32. The molecular formula is C10H16N4OS. The van der Waals surface area contributed by atoms with Crippen molar-refractivity contribution in [2.45, 2.75) is 13.0 Å². The monoisotopic (exact) mass is 240 g/mol. The first-order chi connectivity index (χ1) is 7.70. The van der Waals surface area contributed by atoms with Gasteiger partial charge in [-0.05, 0) is 6.92 Å². The van der Waals surface area contributed by atoms with Crippen LogP contribution >= 0.6 is 11.3 Å². The van der Waals surface area contributed by atoms with Gasteiger partial charge in [-0.15, -0.1) is 11.3 Å². The Morgan fingerprint density at radius 3 is 2.81 bits per heavy atom. The molecule has 1 aliphatic rings. The minimum absolute atomic E-state index is 0.283. The Labute approximate surface area is 98.7 Å². The molecule has 2 rings (SSSR count). The second-order valence-corrected chi connectivity index (χ2v) is 4.78. The summed E-state index contributed by atoms with van der Waals surface area (Å²) in [6.45, 7) is 5.43. The number of amides is 1. The van der Waals surface area contributed by atoms with Crippen LogP contribution in [0.1, 0.15) is 16.6 Å². The summed E-state index contributed by atoms with van der Waals surface area (Å²) in [6.07, 6.45) is 0. The van der Waals surface area contributed by atoms with Crippen molar-refractivity contribution in [3.05, 3.63) is 16.1 Å². The van der Waals surface area contributed by atoms with E-state index in [2.05, 4.69) is 15.2 Å². The fourth-order valence-corrected chi connectivity index (χ4v) is 2.93. The Morgan fingerprint density at radius 2 is 2.31 bits per heavy atom. The zero-order chi connectivity index (χ0) is 11.5. The second-order valence-electron chi connectivity index (χ2n) is 3.89. The van der Waals surface area contributed by atoms with Crippen LogP contribution in [0.15, 0.2) is 5.51 Å². The fourth-order valence-electron chi connectivity index (χ4n) is 1.99. The molecule has 0 aromatic carbocycles. The predicted molar refractivity (Wildman–Crippen MR) is 63.2 cm³/mol. The number of aryl methyl sites for hydroxylation is 1. The van der Waals surface area contributed by atoms with E-state index in [0.717, 1.165) is 36.8 Å². The maximum absolute atomic E-state index is 11.6. The molecule has 1 saturated heterocycles. The molecule has 0 saturated carbocycles. The summed E-state index contributed by atoms with van der Waals surface area (Å²) >= 11 is 1.51.